The highest BCUT2D eigenvalue weighted by molar-refractivity contribution is 4.69. The second kappa shape index (κ2) is 4.66. The van der Waals surface area contributed by atoms with E-state index in [0.29, 0.717) is 6.04 Å². The molecular weight excluding hydrogens is 126 g/mol. The van der Waals surface area contributed by atoms with Crippen LogP contribution in [0.2, 0.25) is 0 Å². The molecule has 1 saturated heterocycles. The van der Waals surface area contributed by atoms with Crippen molar-refractivity contribution in [3.63, 3.8) is 0 Å². The van der Waals surface area contributed by atoms with Gasteiger partial charge in [-0.15, -0.1) is 0 Å². The smallest absolute Gasteiger partial charge is 0.0305 e. The summed E-state index contributed by atoms with van der Waals surface area (Å²) in [6.07, 6.45) is 3.73. The summed E-state index contributed by atoms with van der Waals surface area (Å²) in [5, 5.41) is 3.13. The Morgan fingerprint density at radius 1 is 1.70 bits per heavy atom. The maximum atomic E-state index is 4.13. The summed E-state index contributed by atoms with van der Waals surface area (Å²) in [7, 11) is 1.99. The Bertz CT molecular complexity index is 78.9. The molecule has 2 N–H and O–H groups in total. The maximum absolute atomic E-state index is 4.13. The molecule has 0 aromatic heterocycles. The van der Waals surface area contributed by atoms with Gasteiger partial charge in [-0.05, 0) is 32.9 Å². The molecule has 0 aliphatic carbocycles. The molecule has 1 unspecified atom stereocenters. The highest BCUT2D eigenvalue weighted by atomic mass is 15.4. The van der Waals surface area contributed by atoms with Gasteiger partial charge in [-0.1, -0.05) is 0 Å². The molecule has 3 heteroatoms. The molecular formula is C7H16N3. The van der Waals surface area contributed by atoms with Gasteiger partial charge in [0.05, 0.1) is 0 Å². The fraction of sp³-hybridized carbons (Fsp3) is 1.00. The third kappa shape index (κ3) is 2.64. The summed E-state index contributed by atoms with van der Waals surface area (Å²) < 4.78 is 0. The third-order valence-electron chi connectivity index (χ3n) is 1.84. The Morgan fingerprint density at radius 3 is 3.20 bits per heavy atom. The van der Waals surface area contributed by atoms with Gasteiger partial charge < -0.3 is 5.32 Å². The first-order valence-corrected chi connectivity index (χ1v) is 4.00. The maximum Gasteiger partial charge on any atom is 0.0305 e. The van der Waals surface area contributed by atoms with Gasteiger partial charge in [-0.25, -0.2) is 5.43 Å². The first kappa shape index (κ1) is 7.98. The molecule has 1 radical (unpaired) electrons. The highest BCUT2D eigenvalue weighted by Crippen LogP contribution is 2.03. The van der Waals surface area contributed by atoms with Crippen molar-refractivity contribution in [3.8, 4) is 0 Å². The van der Waals surface area contributed by atoms with Crippen LogP contribution in [0.1, 0.15) is 19.3 Å². The second-order valence-electron chi connectivity index (χ2n) is 2.74. The van der Waals surface area contributed by atoms with E-state index in [1.807, 2.05) is 7.05 Å². The van der Waals surface area contributed by atoms with Crippen LogP contribution in [-0.4, -0.2) is 26.2 Å². The Morgan fingerprint density at radius 2 is 2.60 bits per heavy atom. The fourth-order valence-corrected chi connectivity index (χ4v) is 1.20. The fourth-order valence-electron chi connectivity index (χ4n) is 1.20. The van der Waals surface area contributed by atoms with E-state index in [1.54, 1.807) is 0 Å². The summed E-state index contributed by atoms with van der Waals surface area (Å²) in [5.41, 5.74) is 7.27. The number of hydrogen-bond acceptors (Lipinski definition) is 2. The van der Waals surface area contributed by atoms with Crippen molar-refractivity contribution in [3.05, 3.63) is 0 Å². The molecule has 0 aromatic carbocycles. The number of rotatable bonds is 3. The van der Waals surface area contributed by atoms with Gasteiger partial charge in [-0.3, -0.25) is 0 Å². The topological polar surface area (TPSA) is 38.2 Å². The minimum Gasteiger partial charge on any atom is -0.320 e. The van der Waals surface area contributed by atoms with Gasteiger partial charge >= 0.3 is 0 Å². The molecule has 0 saturated carbocycles. The Labute approximate surface area is 62.5 Å². The van der Waals surface area contributed by atoms with Gasteiger partial charge in [0.15, 0.2) is 0 Å². The zero-order valence-corrected chi connectivity index (χ0v) is 6.56. The highest BCUT2D eigenvalue weighted by Gasteiger charge is 2.11. The van der Waals surface area contributed by atoms with Crippen LogP contribution in [0.3, 0.4) is 0 Å². The van der Waals surface area contributed by atoms with Crippen LogP contribution in [0.15, 0.2) is 0 Å². The predicted octanol–water partition coefficient (Wildman–Crippen LogP) is -0.133. The van der Waals surface area contributed by atoms with Crippen molar-refractivity contribution >= 4 is 0 Å². The summed E-state index contributed by atoms with van der Waals surface area (Å²) in [4.78, 5) is 0. The van der Waals surface area contributed by atoms with Gasteiger partial charge in [-0.2, -0.15) is 5.43 Å². The van der Waals surface area contributed by atoms with E-state index in [0.717, 1.165) is 13.1 Å². The summed E-state index contributed by atoms with van der Waals surface area (Å²) >= 11 is 0. The molecule has 10 heavy (non-hydrogen) atoms. The van der Waals surface area contributed by atoms with E-state index in [-0.39, 0.29) is 0 Å². The molecule has 59 valence electrons. The molecule has 1 heterocycles. The quantitative estimate of drug-likeness (QED) is 0.576. The Hall–Kier alpha value is -0.120. The van der Waals surface area contributed by atoms with Crippen LogP contribution in [-0.2, 0) is 0 Å². The van der Waals surface area contributed by atoms with Crippen molar-refractivity contribution in [2.24, 2.45) is 0 Å². The molecule has 1 aliphatic rings. The van der Waals surface area contributed by atoms with Crippen LogP contribution in [0.25, 0.3) is 0 Å². The first-order valence-electron chi connectivity index (χ1n) is 4.00. The van der Waals surface area contributed by atoms with E-state index in [9.17, 15) is 0 Å². The second-order valence-corrected chi connectivity index (χ2v) is 2.74. The minimum atomic E-state index is 0.626. The molecule has 1 fully saturated rings. The predicted molar refractivity (Wildman–Crippen MR) is 41.7 cm³/mol. The molecule has 1 atom stereocenters. The zero-order chi connectivity index (χ0) is 7.23. The van der Waals surface area contributed by atoms with Crippen LogP contribution >= 0.6 is 0 Å². The van der Waals surface area contributed by atoms with E-state index < -0.39 is 0 Å². The van der Waals surface area contributed by atoms with E-state index >= 15 is 0 Å². The molecule has 1 aliphatic heterocycles. The number of nitrogens with zero attached hydrogens (tertiary/aromatic N) is 1. The van der Waals surface area contributed by atoms with Gasteiger partial charge in [0.1, 0.15) is 0 Å². The molecule has 0 amide bonds. The molecule has 0 aromatic rings. The van der Waals surface area contributed by atoms with E-state index in [4.69, 9.17) is 0 Å². The normalized spacial score (nSPS) is 26.7. The largest absolute Gasteiger partial charge is 0.320 e. The monoisotopic (exact) mass is 142 g/mol. The number of nitrogens with one attached hydrogen (secondary N) is 2. The summed E-state index contributed by atoms with van der Waals surface area (Å²) in [5.74, 6) is 0. The summed E-state index contributed by atoms with van der Waals surface area (Å²) in [6.45, 7) is 2.09. The lowest BCUT2D eigenvalue weighted by molar-refractivity contribution is 0.320. The van der Waals surface area contributed by atoms with E-state index in [2.05, 4.69) is 16.2 Å². The van der Waals surface area contributed by atoms with Crippen molar-refractivity contribution in [2.45, 2.75) is 25.3 Å². The van der Waals surface area contributed by atoms with Crippen molar-refractivity contribution in [1.82, 2.24) is 16.2 Å². The van der Waals surface area contributed by atoms with Crippen LogP contribution in [0.5, 0.6) is 0 Å². The number of hydrogen-bond donors (Lipinski definition) is 2. The lowest BCUT2D eigenvalue weighted by atomic mass is 10.1. The van der Waals surface area contributed by atoms with Gasteiger partial charge in [0.2, 0.25) is 0 Å². The third-order valence-corrected chi connectivity index (χ3v) is 1.84. The molecule has 0 bridgehead atoms. The van der Waals surface area contributed by atoms with Gasteiger partial charge in [0, 0.05) is 12.6 Å². The standard InChI is InChI=1S/C7H16N3/c1-8-6-4-7-3-2-5-9-10-7/h7-8,10H,2-6H2,1H3. The van der Waals surface area contributed by atoms with Crippen molar-refractivity contribution in [2.75, 3.05) is 20.1 Å². The Balaban J connectivity index is 2.02. The van der Waals surface area contributed by atoms with Gasteiger partial charge in [0.25, 0.3) is 0 Å². The molecule has 3 nitrogen and oxygen atoms in total. The Kier molecular flexibility index (Phi) is 3.72. The summed E-state index contributed by atoms with van der Waals surface area (Å²) in [6, 6.07) is 0.626. The van der Waals surface area contributed by atoms with Crippen LogP contribution in [0, 0.1) is 0 Å². The van der Waals surface area contributed by atoms with E-state index in [1.165, 1.54) is 19.3 Å². The zero-order valence-electron chi connectivity index (χ0n) is 6.56. The average Bonchev–Trinajstić information content (AvgIpc) is 2.03. The van der Waals surface area contributed by atoms with Crippen molar-refractivity contribution < 1.29 is 0 Å². The van der Waals surface area contributed by atoms with Crippen LogP contribution < -0.4 is 16.2 Å². The SMILES string of the molecule is CNCCC1CCC[N]N1. The molecule has 1 rings (SSSR count). The average molecular weight is 142 g/mol. The lowest BCUT2D eigenvalue weighted by Crippen LogP contribution is -2.42. The molecule has 0 spiro atoms. The van der Waals surface area contributed by atoms with Crippen LogP contribution in [0.4, 0.5) is 0 Å². The first-order chi connectivity index (χ1) is 4.93. The minimum absolute atomic E-state index is 0.626. The lowest BCUT2D eigenvalue weighted by Gasteiger charge is -2.22. The van der Waals surface area contributed by atoms with Crippen molar-refractivity contribution in [1.29, 1.82) is 0 Å².